The highest BCUT2D eigenvalue weighted by Gasteiger charge is 2.27. The minimum Gasteiger partial charge on any atom is -0.497 e. The van der Waals surface area contributed by atoms with E-state index in [0.717, 1.165) is 11.1 Å². The Balaban J connectivity index is 1.61. The number of aromatic nitrogens is 2. The van der Waals surface area contributed by atoms with Crippen molar-refractivity contribution in [2.75, 3.05) is 7.11 Å². The molecule has 4 aromatic carbocycles. The van der Waals surface area contributed by atoms with E-state index in [1.54, 1.807) is 46.9 Å². The topological polar surface area (TPSA) is 64.4 Å². The van der Waals surface area contributed by atoms with Crippen LogP contribution in [0.3, 0.4) is 0 Å². The standard InChI is InChI=1S/C33H30ClN3O3/c1-23(36(22-25-11-7-4-8-12-25)31(38)20-13-24-9-5-3-6-10-24)32-35-30-21-26(34)14-19-29(30)33(39)37(32)27-15-17-28(40-2)18-16-27/h3-12,14-19,21,23H,13,20,22H2,1-2H3. The molecule has 0 aliphatic rings. The van der Waals surface area contributed by atoms with Gasteiger partial charge in [0.05, 0.1) is 29.7 Å². The van der Waals surface area contributed by atoms with E-state index in [0.29, 0.717) is 52.6 Å². The minimum atomic E-state index is -0.526. The molecule has 1 unspecified atom stereocenters. The summed E-state index contributed by atoms with van der Waals surface area (Å²) in [5.74, 6) is 1.10. The van der Waals surface area contributed by atoms with Crippen LogP contribution in [0.5, 0.6) is 5.75 Å². The van der Waals surface area contributed by atoms with Gasteiger partial charge in [0.1, 0.15) is 11.6 Å². The molecule has 0 bridgehead atoms. The van der Waals surface area contributed by atoms with Gasteiger partial charge in [-0.05, 0) is 66.9 Å². The molecule has 0 aliphatic heterocycles. The fourth-order valence-electron chi connectivity index (χ4n) is 4.84. The summed E-state index contributed by atoms with van der Waals surface area (Å²) in [6.07, 6.45) is 0.942. The van der Waals surface area contributed by atoms with Crippen molar-refractivity contribution in [1.82, 2.24) is 14.5 Å². The van der Waals surface area contributed by atoms with Crippen LogP contribution in [0.1, 0.15) is 36.3 Å². The maximum atomic E-state index is 13.9. The Kier molecular flexibility index (Phi) is 8.27. The fourth-order valence-corrected chi connectivity index (χ4v) is 5.00. The second-order valence-electron chi connectivity index (χ2n) is 9.64. The number of rotatable bonds is 9. The zero-order valence-corrected chi connectivity index (χ0v) is 23.2. The second-order valence-corrected chi connectivity index (χ2v) is 10.1. The molecule has 1 atom stereocenters. The molecule has 5 rings (SSSR count). The van der Waals surface area contributed by atoms with Crippen LogP contribution in [0.2, 0.25) is 5.02 Å². The van der Waals surface area contributed by atoms with Crippen LogP contribution in [0.4, 0.5) is 0 Å². The third kappa shape index (κ3) is 5.92. The van der Waals surface area contributed by atoms with Gasteiger partial charge in [-0.25, -0.2) is 4.98 Å². The monoisotopic (exact) mass is 551 g/mol. The number of carbonyl (C=O) groups is 1. The normalized spacial score (nSPS) is 11.8. The van der Waals surface area contributed by atoms with Gasteiger partial charge in [-0.2, -0.15) is 0 Å². The number of aryl methyl sites for hydroxylation is 1. The second kappa shape index (κ2) is 12.2. The Morgan fingerprint density at radius 2 is 1.57 bits per heavy atom. The highest BCUT2D eigenvalue weighted by Crippen LogP contribution is 2.27. The molecule has 0 aliphatic carbocycles. The molecule has 5 aromatic rings. The van der Waals surface area contributed by atoms with Gasteiger partial charge < -0.3 is 9.64 Å². The summed E-state index contributed by atoms with van der Waals surface area (Å²) < 4.78 is 6.91. The molecule has 7 heteroatoms. The van der Waals surface area contributed by atoms with Gasteiger partial charge >= 0.3 is 0 Å². The van der Waals surface area contributed by atoms with Crippen LogP contribution in [-0.4, -0.2) is 27.5 Å². The lowest BCUT2D eigenvalue weighted by atomic mass is 10.1. The Bertz CT molecular complexity index is 1670. The van der Waals surface area contributed by atoms with E-state index in [1.165, 1.54) is 0 Å². The SMILES string of the molecule is COc1ccc(-n2c(C(C)N(Cc3ccccc3)C(=O)CCc3ccccc3)nc3cc(Cl)ccc3c2=O)cc1. The van der Waals surface area contributed by atoms with E-state index in [4.69, 9.17) is 21.3 Å². The fraction of sp³-hybridized carbons (Fsp3) is 0.182. The zero-order chi connectivity index (χ0) is 28.1. The maximum Gasteiger partial charge on any atom is 0.266 e. The van der Waals surface area contributed by atoms with E-state index >= 15 is 0 Å². The van der Waals surface area contributed by atoms with Gasteiger partial charge in [-0.1, -0.05) is 72.3 Å². The van der Waals surface area contributed by atoms with E-state index < -0.39 is 6.04 Å². The van der Waals surface area contributed by atoms with Crippen molar-refractivity contribution in [3.63, 3.8) is 0 Å². The molecule has 0 radical (unpaired) electrons. The summed E-state index contributed by atoms with van der Waals surface area (Å²) in [4.78, 5) is 34.5. The molecular weight excluding hydrogens is 522 g/mol. The first-order chi connectivity index (χ1) is 19.4. The van der Waals surface area contributed by atoms with Crippen LogP contribution in [0, 0.1) is 0 Å². The number of amides is 1. The Labute approximate surface area is 238 Å². The van der Waals surface area contributed by atoms with Crippen LogP contribution in [0.15, 0.2) is 108 Å². The molecule has 1 heterocycles. The number of fused-ring (bicyclic) bond motifs is 1. The molecule has 0 fully saturated rings. The van der Waals surface area contributed by atoms with Crippen LogP contribution in [-0.2, 0) is 17.8 Å². The summed E-state index contributed by atoms with van der Waals surface area (Å²) in [7, 11) is 1.60. The van der Waals surface area contributed by atoms with E-state index in [-0.39, 0.29) is 11.5 Å². The van der Waals surface area contributed by atoms with Gasteiger partial charge in [0, 0.05) is 18.0 Å². The first-order valence-electron chi connectivity index (χ1n) is 13.2. The summed E-state index contributed by atoms with van der Waals surface area (Å²) >= 11 is 6.29. The Hall–Kier alpha value is -4.42. The number of halogens is 1. The summed E-state index contributed by atoms with van der Waals surface area (Å²) in [5.41, 5.74) is 2.97. The minimum absolute atomic E-state index is 0.0260. The first-order valence-corrected chi connectivity index (χ1v) is 13.6. The molecule has 0 saturated heterocycles. The average molecular weight is 552 g/mol. The molecule has 0 N–H and O–H groups in total. The molecule has 0 saturated carbocycles. The van der Waals surface area contributed by atoms with Crippen molar-refractivity contribution in [2.45, 2.75) is 32.4 Å². The van der Waals surface area contributed by atoms with Crippen molar-refractivity contribution in [3.05, 3.63) is 135 Å². The molecule has 202 valence electrons. The van der Waals surface area contributed by atoms with E-state index in [9.17, 15) is 9.59 Å². The number of benzene rings is 4. The summed E-state index contributed by atoms with van der Waals surface area (Å²) in [5, 5.41) is 0.932. The van der Waals surface area contributed by atoms with Gasteiger partial charge in [0.15, 0.2) is 0 Å². The predicted octanol–water partition coefficient (Wildman–Crippen LogP) is 6.77. The summed E-state index contributed by atoms with van der Waals surface area (Å²) in [6, 6.07) is 31.6. The Morgan fingerprint density at radius 1 is 0.925 bits per heavy atom. The highest BCUT2D eigenvalue weighted by molar-refractivity contribution is 6.31. The number of hydrogen-bond acceptors (Lipinski definition) is 4. The van der Waals surface area contributed by atoms with Crippen LogP contribution >= 0.6 is 11.6 Å². The largest absolute Gasteiger partial charge is 0.497 e. The lowest BCUT2D eigenvalue weighted by Crippen LogP contribution is -2.37. The average Bonchev–Trinajstić information content (AvgIpc) is 2.99. The first kappa shape index (κ1) is 27.2. The van der Waals surface area contributed by atoms with Gasteiger partial charge in [-0.15, -0.1) is 0 Å². The quantitative estimate of drug-likeness (QED) is 0.203. The number of carbonyl (C=O) groups excluding carboxylic acids is 1. The smallest absolute Gasteiger partial charge is 0.266 e. The molecule has 6 nitrogen and oxygen atoms in total. The predicted molar refractivity (Wildman–Crippen MR) is 159 cm³/mol. The lowest BCUT2D eigenvalue weighted by molar-refractivity contribution is -0.134. The lowest BCUT2D eigenvalue weighted by Gasteiger charge is -2.31. The van der Waals surface area contributed by atoms with Gasteiger partial charge in [-0.3, -0.25) is 14.2 Å². The third-order valence-corrected chi connectivity index (χ3v) is 7.25. The number of nitrogens with zero attached hydrogens (tertiary/aromatic N) is 3. The zero-order valence-electron chi connectivity index (χ0n) is 22.5. The maximum absolute atomic E-state index is 13.9. The van der Waals surface area contributed by atoms with Crippen LogP contribution < -0.4 is 10.3 Å². The van der Waals surface area contributed by atoms with Gasteiger partial charge in [0.2, 0.25) is 5.91 Å². The number of ether oxygens (including phenoxy) is 1. The number of methoxy groups -OCH3 is 1. The molecule has 0 spiro atoms. The van der Waals surface area contributed by atoms with Crippen LogP contribution in [0.25, 0.3) is 16.6 Å². The molecular formula is C33H30ClN3O3. The van der Waals surface area contributed by atoms with Gasteiger partial charge in [0.25, 0.3) is 5.56 Å². The van der Waals surface area contributed by atoms with E-state index in [1.807, 2.05) is 79.7 Å². The van der Waals surface area contributed by atoms with Crippen molar-refractivity contribution in [3.8, 4) is 11.4 Å². The highest BCUT2D eigenvalue weighted by atomic mass is 35.5. The van der Waals surface area contributed by atoms with Crippen molar-refractivity contribution < 1.29 is 9.53 Å². The van der Waals surface area contributed by atoms with Crippen molar-refractivity contribution in [2.24, 2.45) is 0 Å². The Morgan fingerprint density at radius 3 is 2.23 bits per heavy atom. The number of hydrogen-bond donors (Lipinski definition) is 0. The molecule has 40 heavy (non-hydrogen) atoms. The van der Waals surface area contributed by atoms with E-state index in [2.05, 4.69) is 0 Å². The molecule has 1 amide bonds. The summed E-state index contributed by atoms with van der Waals surface area (Å²) in [6.45, 7) is 2.29. The third-order valence-electron chi connectivity index (χ3n) is 7.02. The molecule has 1 aromatic heterocycles. The van der Waals surface area contributed by atoms with Crippen molar-refractivity contribution >= 4 is 28.4 Å². The van der Waals surface area contributed by atoms with Crippen molar-refractivity contribution in [1.29, 1.82) is 0 Å².